The molecule has 1 aliphatic rings. The van der Waals surface area contributed by atoms with E-state index >= 15 is 0 Å². The van der Waals surface area contributed by atoms with Crippen molar-refractivity contribution in [2.75, 3.05) is 19.7 Å². The first-order chi connectivity index (χ1) is 6.36. The van der Waals surface area contributed by atoms with Gasteiger partial charge in [-0.3, -0.25) is 0 Å². The molecule has 0 bridgehead atoms. The zero-order valence-corrected chi connectivity index (χ0v) is 8.80. The second kappa shape index (κ2) is 6.11. The Hall–Kier alpha value is -0.410. The molecule has 1 rings (SSSR count). The van der Waals surface area contributed by atoms with Gasteiger partial charge in [0.05, 0.1) is 0 Å². The summed E-state index contributed by atoms with van der Waals surface area (Å²) in [5.41, 5.74) is 0. The van der Waals surface area contributed by atoms with E-state index in [0.717, 1.165) is 24.4 Å². The van der Waals surface area contributed by atoms with Crippen LogP contribution in [-0.2, 0) is 9.47 Å². The van der Waals surface area contributed by atoms with Crippen LogP contribution in [0.2, 0.25) is 0 Å². The van der Waals surface area contributed by atoms with Gasteiger partial charge in [-0.25, -0.2) is 0 Å². The lowest BCUT2D eigenvalue weighted by Gasteiger charge is -2.15. The Labute approximate surface area is 85.0 Å². The van der Waals surface area contributed by atoms with Crippen molar-refractivity contribution < 1.29 is 9.47 Å². The highest BCUT2D eigenvalue weighted by Crippen LogP contribution is 2.20. The third-order valence-corrected chi connectivity index (χ3v) is 2.26. The first kappa shape index (κ1) is 10.7. The lowest BCUT2D eigenvalue weighted by molar-refractivity contribution is 0.00927. The van der Waals surface area contributed by atoms with Gasteiger partial charge >= 0.3 is 0 Å². The summed E-state index contributed by atoms with van der Waals surface area (Å²) < 4.78 is 10.1. The standard InChI is InChI=1S/C10H16O2S/c1-11-8-12-10-4-2-9(3-5-10)6-7-13/h2,4-5,9,13H,3,6-8H2,1H3. The third kappa shape index (κ3) is 3.87. The summed E-state index contributed by atoms with van der Waals surface area (Å²) in [5, 5.41) is 0. The van der Waals surface area contributed by atoms with Gasteiger partial charge in [-0.15, -0.1) is 0 Å². The quantitative estimate of drug-likeness (QED) is 0.542. The third-order valence-electron chi connectivity index (χ3n) is 2.00. The molecule has 3 heteroatoms. The number of hydrogen-bond donors (Lipinski definition) is 1. The van der Waals surface area contributed by atoms with Crippen molar-refractivity contribution in [2.24, 2.45) is 5.92 Å². The van der Waals surface area contributed by atoms with Gasteiger partial charge in [0.25, 0.3) is 0 Å². The minimum atomic E-state index is 0.327. The molecule has 0 N–H and O–H groups in total. The smallest absolute Gasteiger partial charge is 0.188 e. The highest BCUT2D eigenvalue weighted by molar-refractivity contribution is 7.80. The Kier molecular flexibility index (Phi) is 5.01. The topological polar surface area (TPSA) is 18.5 Å². The van der Waals surface area contributed by atoms with Crippen LogP contribution in [0.1, 0.15) is 12.8 Å². The van der Waals surface area contributed by atoms with Crippen molar-refractivity contribution in [3.8, 4) is 0 Å². The first-order valence-corrected chi connectivity index (χ1v) is 5.11. The maximum absolute atomic E-state index is 5.29. The molecule has 1 unspecified atom stereocenters. The fourth-order valence-electron chi connectivity index (χ4n) is 1.26. The number of methoxy groups -OCH3 is 1. The zero-order valence-electron chi connectivity index (χ0n) is 7.90. The Morgan fingerprint density at radius 1 is 1.62 bits per heavy atom. The molecule has 74 valence electrons. The lowest BCUT2D eigenvalue weighted by Crippen LogP contribution is -2.03. The van der Waals surface area contributed by atoms with Gasteiger partial charge in [-0.2, -0.15) is 12.6 Å². The Morgan fingerprint density at radius 3 is 3.00 bits per heavy atom. The summed E-state index contributed by atoms with van der Waals surface area (Å²) in [6.45, 7) is 0.327. The SMILES string of the molecule is COCOC1=CCC(CCS)C=C1. The predicted molar refractivity (Wildman–Crippen MR) is 56.8 cm³/mol. The highest BCUT2D eigenvalue weighted by Gasteiger charge is 2.07. The van der Waals surface area contributed by atoms with Crippen molar-refractivity contribution in [2.45, 2.75) is 12.8 Å². The molecule has 2 nitrogen and oxygen atoms in total. The summed E-state index contributed by atoms with van der Waals surface area (Å²) in [4.78, 5) is 0. The molecule has 0 aliphatic heterocycles. The number of thiol groups is 1. The molecule has 0 aromatic rings. The van der Waals surface area contributed by atoms with E-state index in [1.807, 2.05) is 6.08 Å². The molecule has 0 saturated carbocycles. The zero-order chi connectivity index (χ0) is 9.52. The number of hydrogen-bond acceptors (Lipinski definition) is 3. The van der Waals surface area contributed by atoms with Crippen LogP contribution in [0, 0.1) is 5.92 Å². The van der Waals surface area contributed by atoms with E-state index in [4.69, 9.17) is 9.47 Å². The van der Waals surface area contributed by atoms with Crippen LogP contribution in [0.15, 0.2) is 24.0 Å². The maximum atomic E-state index is 5.29. The van der Waals surface area contributed by atoms with E-state index in [0.29, 0.717) is 12.7 Å². The lowest BCUT2D eigenvalue weighted by atomic mass is 9.98. The van der Waals surface area contributed by atoms with Gasteiger partial charge in [0.15, 0.2) is 6.79 Å². The molecular formula is C10H16O2S. The predicted octanol–water partition coefficient (Wildman–Crippen LogP) is 2.39. The molecule has 1 atom stereocenters. The molecule has 1 aliphatic carbocycles. The van der Waals surface area contributed by atoms with Gasteiger partial charge in [-0.1, -0.05) is 6.08 Å². The van der Waals surface area contributed by atoms with Crippen LogP contribution in [0.3, 0.4) is 0 Å². The van der Waals surface area contributed by atoms with E-state index in [1.165, 1.54) is 0 Å². The summed E-state index contributed by atoms with van der Waals surface area (Å²) in [6.07, 6.45) is 8.48. The average Bonchev–Trinajstić information content (AvgIpc) is 2.17. The fraction of sp³-hybridized carbons (Fsp3) is 0.600. The van der Waals surface area contributed by atoms with Gasteiger partial charge in [0, 0.05) is 7.11 Å². The maximum Gasteiger partial charge on any atom is 0.188 e. The van der Waals surface area contributed by atoms with Gasteiger partial charge in [0.1, 0.15) is 5.76 Å². The monoisotopic (exact) mass is 200 g/mol. The highest BCUT2D eigenvalue weighted by atomic mass is 32.1. The van der Waals surface area contributed by atoms with Crippen molar-refractivity contribution in [1.82, 2.24) is 0 Å². The summed E-state index contributed by atoms with van der Waals surface area (Å²) in [5.74, 6) is 2.49. The summed E-state index contributed by atoms with van der Waals surface area (Å²) in [7, 11) is 1.62. The van der Waals surface area contributed by atoms with E-state index in [-0.39, 0.29) is 0 Å². The molecule has 0 aromatic heterocycles. The van der Waals surface area contributed by atoms with Crippen LogP contribution >= 0.6 is 12.6 Å². The van der Waals surface area contributed by atoms with Crippen LogP contribution in [0.5, 0.6) is 0 Å². The molecule has 0 fully saturated rings. The first-order valence-electron chi connectivity index (χ1n) is 4.47. The van der Waals surface area contributed by atoms with E-state index in [2.05, 4.69) is 24.8 Å². The molecule has 0 aromatic carbocycles. The molecule has 0 heterocycles. The van der Waals surface area contributed by atoms with Gasteiger partial charge < -0.3 is 9.47 Å². The minimum absolute atomic E-state index is 0.327. The molecule has 0 saturated heterocycles. The van der Waals surface area contributed by atoms with Crippen molar-refractivity contribution >= 4 is 12.6 Å². The van der Waals surface area contributed by atoms with Crippen LogP contribution in [0.25, 0.3) is 0 Å². The van der Waals surface area contributed by atoms with E-state index in [1.54, 1.807) is 7.11 Å². The fourth-order valence-corrected chi connectivity index (χ4v) is 1.59. The van der Waals surface area contributed by atoms with Crippen LogP contribution in [-0.4, -0.2) is 19.7 Å². The average molecular weight is 200 g/mol. The molecule has 0 radical (unpaired) electrons. The van der Waals surface area contributed by atoms with Gasteiger partial charge in [-0.05, 0) is 36.7 Å². The summed E-state index contributed by atoms with van der Waals surface area (Å²) in [6, 6.07) is 0. The number of ether oxygens (including phenoxy) is 2. The second-order valence-electron chi connectivity index (χ2n) is 3.02. The van der Waals surface area contributed by atoms with Crippen molar-refractivity contribution in [3.63, 3.8) is 0 Å². The Morgan fingerprint density at radius 2 is 2.46 bits per heavy atom. The molecule has 0 amide bonds. The normalized spacial score (nSPS) is 21.4. The Bertz CT molecular complexity index is 199. The second-order valence-corrected chi connectivity index (χ2v) is 3.47. The van der Waals surface area contributed by atoms with E-state index < -0.39 is 0 Å². The van der Waals surface area contributed by atoms with E-state index in [9.17, 15) is 0 Å². The van der Waals surface area contributed by atoms with Crippen LogP contribution in [0.4, 0.5) is 0 Å². The number of allylic oxidation sites excluding steroid dienone is 3. The molecule has 13 heavy (non-hydrogen) atoms. The van der Waals surface area contributed by atoms with Gasteiger partial charge in [0.2, 0.25) is 0 Å². The molecule has 0 spiro atoms. The minimum Gasteiger partial charge on any atom is -0.468 e. The largest absolute Gasteiger partial charge is 0.468 e. The van der Waals surface area contributed by atoms with Crippen molar-refractivity contribution in [3.05, 3.63) is 24.0 Å². The molecular weight excluding hydrogens is 184 g/mol. The van der Waals surface area contributed by atoms with Crippen molar-refractivity contribution in [1.29, 1.82) is 0 Å². The Balaban J connectivity index is 2.27. The van der Waals surface area contributed by atoms with Crippen LogP contribution < -0.4 is 0 Å². The number of rotatable bonds is 5. The summed E-state index contributed by atoms with van der Waals surface area (Å²) >= 11 is 4.20.